The molecule has 118 valence electrons. The van der Waals surface area contributed by atoms with Crippen LogP contribution in [0.4, 0.5) is 5.69 Å². The maximum atomic E-state index is 10.0. The van der Waals surface area contributed by atoms with Crippen LogP contribution < -0.4 is 5.32 Å². The molecular formula is C17H26BrNO2. The molecule has 1 saturated carbocycles. The molecule has 0 aromatic heterocycles. The third-order valence-corrected chi connectivity index (χ3v) is 4.72. The van der Waals surface area contributed by atoms with Gasteiger partial charge < -0.3 is 15.2 Å². The predicted octanol–water partition coefficient (Wildman–Crippen LogP) is 4.13. The Balaban J connectivity index is 1.70. The molecule has 0 heterocycles. The molecule has 4 heteroatoms. The highest BCUT2D eigenvalue weighted by molar-refractivity contribution is 9.10. The molecule has 3 unspecified atom stereocenters. The second kappa shape index (κ2) is 8.16. The Morgan fingerprint density at radius 3 is 2.95 bits per heavy atom. The fourth-order valence-corrected chi connectivity index (χ4v) is 3.46. The van der Waals surface area contributed by atoms with Gasteiger partial charge in [0.25, 0.3) is 0 Å². The van der Waals surface area contributed by atoms with Crippen LogP contribution in [0.5, 0.6) is 0 Å². The number of benzene rings is 1. The molecule has 1 aromatic rings. The van der Waals surface area contributed by atoms with E-state index in [1.54, 1.807) is 0 Å². The number of hydrogen-bond acceptors (Lipinski definition) is 3. The lowest BCUT2D eigenvalue weighted by molar-refractivity contribution is -0.0274. The molecule has 2 N–H and O–H groups in total. The monoisotopic (exact) mass is 355 g/mol. The van der Waals surface area contributed by atoms with Gasteiger partial charge >= 0.3 is 0 Å². The van der Waals surface area contributed by atoms with E-state index >= 15 is 0 Å². The average molecular weight is 356 g/mol. The quantitative estimate of drug-likeness (QED) is 0.806. The summed E-state index contributed by atoms with van der Waals surface area (Å²) in [5, 5.41) is 13.3. The number of halogens is 1. The maximum Gasteiger partial charge on any atom is 0.0945 e. The SMILES string of the molecule is Cc1ccc(NCC(O)COC2CCCC(C)C2)c(Br)c1. The molecule has 0 radical (unpaired) electrons. The van der Waals surface area contributed by atoms with Gasteiger partial charge in [-0.25, -0.2) is 0 Å². The van der Waals surface area contributed by atoms with Crippen LogP contribution in [0.15, 0.2) is 22.7 Å². The van der Waals surface area contributed by atoms with Crippen LogP contribution in [-0.4, -0.2) is 30.5 Å². The number of hydrogen-bond donors (Lipinski definition) is 2. The number of anilines is 1. The predicted molar refractivity (Wildman–Crippen MR) is 90.7 cm³/mol. The van der Waals surface area contributed by atoms with E-state index in [9.17, 15) is 5.11 Å². The molecule has 0 amide bonds. The number of ether oxygens (including phenoxy) is 1. The Bertz CT molecular complexity index is 452. The molecule has 0 aliphatic heterocycles. The Labute approximate surface area is 136 Å². The van der Waals surface area contributed by atoms with Gasteiger partial charge in [-0.3, -0.25) is 0 Å². The van der Waals surface area contributed by atoms with Crippen molar-refractivity contribution >= 4 is 21.6 Å². The van der Waals surface area contributed by atoms with Crippen LogP contribution in [0.25, 0.3) is 0 Å². The van der Waals surface area contributed by atoms with Crippen LogP contribution in [-0.2, 0) is 4.74 Å². The lowest BCUT2D eigenvalue weighted by atomic mass is 9.89. The molecular weight excluding hydrogens is 330 g/mol. The molecule has 1 aromatic carbocycles. The molecule has 21 heavy (non-hydrogen) atoms. The molecule has 1 aliphatic rings. The molecule has 0 saturated heterocycles. The van der Waals surface area contributed by atoms with E-state index in [2.05, 4.69) is 47.2 Å². The highest BCUT2D eigenvalue weighted by atomic mass is 79.9. The minimum atomic E-state index is -0.476. The maximum absolute atomic E-state index is 10.0. The smallest absolute Gasteiger partial charge is 0.0945 e. The van der Waals surface area contributed by atoms with E-state index in [1.165, 1.54) is 18.4 Å². The van der Waals surface area contributed by atoms with Gasteiger partial charge in [-0.2, -0.15) is 0 Å². The van der Waals surface area contributed by atoms with Gasteiger partial charge in [-0.1, -0.05) is 25.8 Å². The Kier molecular flexibility index (Phi) is 6.52. The summed E-state index contributed by atoms with van der Waals surface area (Å²) in [5.74, 6) is 0.752. The van der Waals surface area contributed by atoms with E-state index < -0.39 is 6.10 Å². The fourth-order valence-electron chi connectivity index (χ4n) is 2.83. The summed E-state index contributed by atoms with van der Waals surface area (Å²) in [5.41, 5.74) is 2.22. The Morgan fingerprint density at radius 1 is 1.43 bits per heavy atom. The Morgan fingerprint density at radius 2 is 2.24 bits per heavy atom. The zero-order valence-electron chi connectivity index (χ0n) is 12.9. The lowest BCUT2D eigenvalue weighted by Gasteiger charge is -2.27. The van der Waals surface area contributed by atoms with Crippen molar-refractivity contribution in [1.82, 2.24) is 0 Å². The number of nitrogens with one attached hydrogen (secondary N) is 1. The first-order valence-corrected chi connectivity index (χ1v) is 8.63. The third-order valence-electron chi connectivity index (χ3n) is 4.07. The first-order valence-electron chi connectivity index (χ1n) is 7.84. The number of aliphatic hydroxyl groups excluding tert-OH is 1. The second-order valence-electron chi connectivity index (χ2n) is 6.25. The van der Waals surface area contributed by atoms with E-state index in [0.717, 1.165) is 28.9 Å². The first-order chi connectivity index (χ1) is 10.0. The van der Waals surface area contributed by atoms with Crippen molar-refractivity contribution in [2.75, 3.05) is 18.5 Å². The van der Waals surface area contributed by atoms with Gasteiger partial charge in [0.15, 0.2) is 0 Å². The van der Waals surface area contributed by atoms with Gasteiger partial charge in [0.05, 0.1) is 18.8 Å². The van der Waals surface area contributed by atoms with Crippen molar-refractivity contribution < 1.29 is 9.84 Å². The van der Waals surface area contributed by atoms with Gasteiger partial charge in [-0.05, 0) is 59.3 Å². The molecule has 0 spiro atoms. The molecule has 3 nitrogen and oxygen atoms in total. The third kappa shape index (κ3) is 5.61. The van der Waals surface area contributed by atoms with E-state index in [4.69, 9.17) is 4.74 Å². The normalized spacial score (nSPS) is 23.8. The summed E-state index contributed by atoms with van der Waals surface area (Å²) < 4.78 is 6.88. The summed E-state index contributed by atoms with van der Waals surface area (Å²) in [4.78, 5) is 0. The summed E-state index contributed by atoms with van der Waals surface area (Å²) >= 11 is 3.53. The van der Waals surface area contributed by atoms with Gasteiger partial charge in [-0.15, -0.1) is 0 Å². The lowest BCUT2D eigenvalue weighted by Crippen LogP contribution is -2.30. The standard InChI is InChI=1S/C17H26BrNO2/c1-12-4-3-5-15(8-12)21-11-14(20)10-19-17-7-6-13(2)9-16(17)18/h6-7,9,12,14-15,19-20H,3-5,8,10-11H2,1-2H3. The van der Waals surface area contributed by atoms with Gasteiger partial charge in [0.1, 0.15) is 0 Å². The number of aliphatic hydroxyl groups is 1. The van der Waals surface area contributed by atoms with Crippen LogP contribution in [0.2, 0.25) is 0 Å². The summed E-state index contributed by atoms with van der Waals surface area (Å²) in [7, 11) is 0. The van der Waals surface area contributed by atoms with Gasteiger partial charge in [0.2, 0.25) is 0 Å². The highest BCUT2D eigenvalue weighted by Crippen LogP contribution is 2.26. The first kappa shape index (κ1) is 16.8. The number of rotatable bonds is 6. The van der Waals surface area contributed by atoms with Crippen LogP contribution in [0.1, 0.15) is 38.2 Å². The average Bonchev–Trinajstić information content (AvgIpc) is 2.44. The molecule has 1 aliphatic carbocycles. The zero-order valence-corrected chi connectivity index (χ0v) is 14.5. The molecule has 0 bridgehead atoms. The van der Waals surface area contributed by atoms with Crippen molar-refractivity contribution in [2.45, 2.75) is 51.7 Å². The van der Waals surface area contributed by atoms with Crippen LogP contribution >= 0.6 is 15.9 Å². The minimum absolute atomic E-state index is 0.328. The molecule has 1 fully saturated rings. The highest BCUT2D eigenvalue weighted by Gasteiger charge is 2.20. The van der Waals surface area contributed by atoms with Crippen molar-refractivity contribution in [3.63, 3.8) is 0 Å². The topological polar surface area (TPSA) is 41.5 Å². The van der Waals surface area contributed by atoms with Crippen molar-refractivity contribution in [3.8, 4) is 0 Å². The van der Waals surface area contributed by atoms with Crippen molar-refractivity contribution in [2.24, 2.45) is 5.92 Å². The minimum Gasteiger partial charge on any atom is -0.389 e. The number of aryl methyl sites for hydroxylation is 1. The van der Waals surface area contributed by atoms with Crippen LogP contribution in [0, 0.1) is 12.8 Å². The summed E-state index contributed by atoms with van der Waals surface area (Å²) in [6.45, 7) is 5.25. The fraction of sp³-hybridized carbons (Fsp3) is 0.647. The van der Waals surface area contributed by atoms with Crippen LogP contribution in [0.3, 0.4) is 0 Å². The van der Waals surface area contributed by atoms with Crippen molar-refractivity contribution in [3.05, 3.63) is 28.2 Å². The van der Waals surface area contributed by atoms with E-state index in [1.807, 2.05) is 6.07 Å². The summed E-state index contributed by atoms with van der Waals surface area (Å²) in [6.07, 6.45) is 4.67. The zero-order chi connectivity index (χ0) is 15.2. The van der Waals surface area contributed by atoms with E-state index in [0.29, 0.717) is 19.3 Å². The second-order valence-corrected chi connectivity index (χ2v) is 7.10. The van der Waals surface area contributed by atoms with Gasteiger partial charge in [0, 0.05) is 16.7 Å². The largest absolute Gasteiger partial charge is 0.389 e. The molecule has 2 rings (SSSR count). The molecule has 3 atom stereocenters. The summed E-state index contributed by atoms with van der Waals surface area (Å²) in [6, 6.07) is 6.14. The van der Waals surface area contributed by atoms with E-state index in [-0.39, 0.29) is 0 Å². The van der Waals surface area contributed by atoms with Crippen molar-refractivity contribution in [1.29, 1.82) is 0 Å². The Hall–Kier alpha value is -0.580.